The molecule has 1 amide bonds. The second kappa shape index (κ2) is 7.28. The van der Waals surface area contributed by atoms with E-state index in [1.54, 1.807) is 53.3 Å². The maximum absolute atomic E-state index is 13.4. The summed E-state index contributed by atoms with van der Waals surface area (Å²) in [6.07, 6.45) is 8.20. The number of halogens is 1. The van der Waals surface area contributed by atoms with Crippen molar-refractivity contribution in [2.24, 2.45) is 11.4 Å². The molecule has 2 aliphatic heterocycles. The molecular weight excluding hydrogens is 397 g/mol. The fraction of sp³-hybridized carbons (Fsp3) is 0.211. The molecule has 0 fully saturated rings. The summed E-state index contributed by atoms with van der Waals surface area (Å²) in [4.78, 5) is 19.0. The smallest absolute Gasteiger partial charge is 0.256 e. The van der Waals surface area contributed by atoms with Gasteiger partial charge in [-0.2, -0.15) is 0 Å². The molecule has 1 aromatic carbocycles. The fourth-order valence-electron chi connectivity index (χ4n) is 3.21. The third-order valence-electron chi connectivity index (χ3n) is 4.70. The molecular formula is C19H18FN5O3S. The largest absolute Gasteiger partial charge is 0.338 e. The number of amides is 1. The zero-order chi connectivity index (χ0) is 20.6. The zero-order valence-electron chi connectivity index (χ0n) is 15.5. The number of aromatic nitrogens is 2. The summed E-state index contributed by atoms with van der Waals surface area (Å²) in [5, 5.41) is 2.88. The molecule has 29 heavy (non-hydrogen) atoms. The minimum atomic E-state index is -3.62. The number of amidine groups is 1. The van der Waals surface area contributed by atoms with Gasteiger partial charge in [0.1, 0.15) is 17.7 Å². The van der Waals surface area contributed by atoms with Gasteiger partial charge in [-0.3, -0.25) is 4.79 Å². The van der Waals surface area contributed by atoms with Crippen LogP contribution in [-0.4, -0.2) is 46.9 Å². The first-order valence-corrected chi connectivity index (χ1v) is 10.5. The molecule has 0 saturated carbocycles. The van der Waals surface area contributed by atoms with Crippen molar-refractivity contribution in [1.82, 2.24) is 19.8 Å². The van der Waals surface area contributed by atoms with E-state index in [-0.39, 0.29) is 23.7 Å². The number of imidazole rings is 1. The molecule has 1 aromatic heterocycles. The zero-order valence-corrected chi connectivity index (χ0v) is 16.3. The average molecular weight is 415 g/mol. The van der Waals surface area contributed by atoms with Gasteiger partial charge in [0.2, 0.25) is 0 Å². The number of rotatable bonds is 4. The van der Waals surface area contributed by atoms with Gasteiger partial charge >= 0.3 is 0 Å². The predicted molar refractivity (Wildman–Crippen MR) is 105 cm³/mol. The SMILES string of the molecule is Cn1ccnc1[C@@H](NC(=O)C1=CC=CN2CCS(=O)(=O)N=C12)c1ccc(F)cc1. The number of aryl methyl sites for hydroxylation is 1. The van der Waals surface area contributed by atoms with Crippen molar-refractivity contribution < 1.29 is 17.6 Å². The maximum atomic E-state index is 13.4. The molecule has 2 aromatic rings. The van der Waals surface area contributed by atoms with Gasteiger partial charge in [-0.05, 0) is 29.8 Å². The number of hydrogen-bond acceptors (Lipinski definition) is 5. The van der Waals surface area contributed by atoms with E-state index >= 15 is 0 Å². The highest BCUT2D eigenvalue weighted by molar-refractivity contribution is 7.90. The molecule has 10 heteroatoms. The van der Waals surface area contributed by atoms with Crippen molar-refractivity contribution in [1.29, 1.82) is 0 Å². The summed E-state index contributed by atoms with van der Waals surface area (Å²) in [5.74, 6) is -0.369. The van der Waals surface area contributed by atoms with Crippen LogP contribution in [0.4, 0.5) is 4.39 Å². The van der Waals surface area contributed by atoms with Crippen molar-refractivity contribution in [3.63, 3.8) is 0 Å². The lowest BCUT2D eigenvalue weighted by molar-refractivity contribution is -0.117. The quantitative estimate of drug-likeness (QED) is 0.811. The topological polar surface area (TPSA) is 96.7 Å². The molecule has 2 aliphatic rings. The van der Waals surface area contributed by atoms with Crippen LogP contribution in [-0.2, 0) is 21.9 Å². The van der Waals surface area contributed by atoms with Crippen molar-refractivity contribution in [2.45, 2.75) is 6.04 Å². The van der Waals surface area contributed by atoms with Crippen LogP contribution in [0.15, 0.2) is 65.0 Å². The molecule has 8 nitrogen and oxygen atoms in total. The summed E-state index contributed by atoms with van der Waals surface area (Å²) in [6.45, 7) is 0.225. The second-order valence-electron chi connectivity index (χ2n) is 6.67. The van der Waals surface area contributed by atoms with E-state index in [1.165, 1.54) is 18.2 Å². The van der Waals surface area contributed by atoms with E-state index in [9.17, 15) is 17.6 Å². The third-order valence-corrected chi connectivity index (χ3v) is 5.85. The van der Waals surface area contributed by atoms with Gasteiger partial charge in [-0.15, -0.1) is 4.40 Å². The van der Waals surface area contributed by atoms with Crippen LogP contribution in [0.25, 0.3) is 0 Å². The van der Waals surface area contributed by atoms with Crippen molar-refractivity contribution in [3.8, 4) is 0 Å². The number of nitrogens with zero attached hydrogens (tertiary/aromatic N) is 4. The molecule has 0 spiro atoms. The summed E-state index contributed by atoms with van der Waals surface area (Å²) in [7, 11) is -1.84. The first-order chi connectivity index (χ1) is 13.8. The van der Waals surface area contributed by atoms with E-state index in [4.69, 9.17) is 0 Å². The number of nitrogens with one attached hydrogen (secondary N) is 1. The Bertz CT molecular complexity index is 1150. The Balaban J connectivity index is 1.69. The summed E-state index contributed by atoms with van der Waals surface area (Å²) >= 11 is 0. The molecule has 1 atom stereocenters. The molecule has 150 valence electrons. The number of fused-ring (bicyclic) bond motifs is 1. The lowest BCUT2D eigenvalue weighted by Gasteiger charge is -2.29. The first kappa shape index (κ1) is 19.1. The van der Waals surface area contributed by atoms with Gasteiger partial charge in [0.05, 0.1) is 11.3 Å². The lowest BCUT2D eigenvalue weighted by atomic mass is 10.0. The predicted octanol–water partition coefficient (Wildman–Crippen LogP) is 1.26. The lowest BCUT2D eigenvalue weighted by Crippen LogP contribution is -2.43. The third kappa shape index (κ3) is 3.83. The highest BCUT2D eigenvalue weighted by Gasteiger charge is 2.31. The fourth-order valence-corrected chi connectivity index (χ4v) is 4.20. The average Bonchev–Trinajstić information content (AvgIpc) is 3.11. The van der Waals surface area contributed by atoms with Gasteiger partial charge in [-0.25, -0.2) is 17.8 Å². The van der Waals surface area contributed by atoms with E-state index < -0.39 is 27.8 Å². The molecule has 0 unspecified atom stereocenters. The molecule has 0 radical (unpaired) electrons. The minimum Gasteiger partial charge on any atom is -0.338 e. The Morgan fingerprint density at radius 2 is 2.03 bits per heavy atom. The van der Waals surface area contributed by atoms with Gasteiger partial charge in [-0.1, -0.05) is 12.1 Å². The van der Waals surface area contributed by atoms with Crippen LogP contribution in [0.1, 0.15) is 17.4 Å². The van der Waals surface area contributed by atoms with Crippen molar-refractivity contribution >= 4 is 21.8 Å². The summed E-state index contributed by atoms with van der Waals surface area (Å²) in [5.41, 5.74) is 0.771. The standard InChI is InChI=1S/C19H18FN5O3S/c1-24-10-8-21-18(24)16(13-4-6-14(20)7-5-13)22-19(26)15-3-2-9-25-11-12-29(27,28)23-17(15)25/h2-10,16H,11-12H2,1H3,(H,22,26)/t16-/m0/s1. The number of carbonyl (C=O) groups is 1. The normalized spacial score (nSPS) is 18.5. The Morgan fingerprint density at radius 1 is 1.28 bits per heavy atom. The molecule has 4 rings (SSSR count). The molecule has 0 bridgehead atoms. The maximum Gasteiger partial charge on any atom is 0.256 e. The van der Waals surface area contributed by atoms with Gasteiger partial charge < -0.3 is 14.8 Å². The second-order valence-corrected chi connectivity index (χ2v) is 8.43. The monoisotopic (exact) mass is 415 g/mol. The van der Waals surface area contributed by atoms with Crippen LogP contribution < -0.4 is 5.32 Å². The Labute approximate surface area is 167 Å². The number of carbonyl (C=O) groups excluding carboxylic acids is 1. The molecule has 0 saturated heterocycles. The highest BCUT2D eigenvalue weighted by atomic mass is 32.2. The van der Waals surface area contributed by atoms with Crippen LogP contribution in [0, 0.1) is 5.82 Å². The van der Waals surface area contributed by atoms with Crippen LogP contribution >= 0.6 is 0 Å². The highest BCUT2D eigenvalue weighted by Crippen LogP contribution is 2.23. The molecule has 0 aliphatic carbocycles. The van der Waals surface area contributed by atoms with Crippen LogP contribution in [0.5, 0.6) is 0 Å². The number of benzene rings is 1. The molecule has 1 N–H and O–H groups in total. The van der Waals surface area contributed by atoms with Gasteiger partial charge in [0.15, 0.2) is 5.84 Å². The Hall–Kier alpha value is -3.27. The first-order valence-electron chi connectivity index (χ1n) is 8.86. The van der Waals surface area contributed by atoms with E-state index in [0.717, 1.165) is 0 Å². The Morgan fingerprint density at radius 3 is 2.72 bits per heavy atom. The number of hydrogen-bond donors (Lipinski definition) is 1. The summed E-state index contributed by atoms with van der Waals surface area (Å²) in [6, 6.07) is 5.08. The van der Waals surface area contributed by atoms with Crippen LogP contribution in [0.2, 0.25) is 0 Å². The van der Waals surface area contributed by atoms with E-state index in [2.05, 4.69) is 14.7 Å². The van der Waals surface area contributed by atoms with Gasteiger partial charge in [0.25, 0.3) is 15.9 Å². The van der Waals surface area contributed by atoms with Gasteiger partial charge in [0, 0.05) is 32.2 Å². The Kier molecular flexibility index (Phi) is 4.79. The van der Waals surface area contributed by atoms with Crippen molar-refractivity contribution in [2.75, 3.05) is 12.3 Å². The van der Waals surface area contributed by atoms with E-state index in [0.29, 0.717) is 11.4 Å². The molecule has 3 heterocycles. The minimum absolute atomic E-state index is 0.0916. The summed E-state index contributed by atoms with van der Waals surface area (Å²) < 4.78 is 42.8. The van der Waals surface area contributed by atoms with E-state index in [1.807, 2.05) is 0 Å². The van der Waals surface area contributed by atoms with Crippen LogP contribution in [0.3, 0.4) is 0 Å². The number of allylic oxidation sites excluding steroid dienone is 2. The number of sulfonamides is 1. The van der Waals surface area contributed by atoms with Crippen molar-refractivity contribution in [3.05, 3.63) is 77.8 Å².